The molecule has 0 radical (unpaired) electrons. The van der Waals surface area contributed by atoms with E-state index in [-0.39, 0.29) is 11.1 Å². The maximum atomic E-state index is 5.32. The number of ether oxygens (including phenoxy) is 2. The third kappa shape index (κ3) is 1.78. The van der Waals surface area contributed by atoms with Crippen molar-refractivity contribution in [1.82, 2.24) is 0 Å². The molecule has 0 amide bonds. The number of hydrogen-bond acceptors (Lipinski definition) is 3. The van der Waals surface area contributed by atoms with E-state index in [1.165, 1.54) is 0 Å². The Labute approximate surface area is 73.8 Å². The Morgan fingerprint density at radius 3 is 2.33 bits per heavy atom. The minimum absolute atomic E-state index is 0.103. The number of nitrogens with zero attached hydrogens (tertiary/aromatic N) is 1. The van der Waals surface area contributed by atoms with Crippen LogP contribution in [0.2, 0.25) is 0 Å². The van der Waals surface area contributed by atoms with Crippen LogP contribution in [0.3, 0.4) is 0 Å². The van der Waals surface area contributed by atoms with Crippen LogP contribution in [0.15, 0.2) is 4.99 Å². The van der Waals surface area contributed by atoms with Crippen LogP contribution in [0.1, 0.15) is 27.2 Å². The van der Waals surface area contributed by atoms with Crippen molar-refractivity contribution in [3.63, 3.8) is 0 Å². The van der Waals surface area contributed by atoms with E-state index in [2.05, 4.69) is 25.8 Å². The van der Waals surface area contributed by atoms with Crippen molar-refractivity contribution in [1.29, 1.82) is 0 Å². The van der Waals surface area contributed by atoms with Gasteiger partial charge in [0.05, 0.1) is 12.7 Å². The molecule has 1 atom stereocenters. The van der Waals surface area contributed by atoms with Crippen LogP contribution in [0.5, 0.6) is 0 Å². The van der Waals surface area contributed by atoms with Crippen molar-refractivity contribution in [3.05, 3.63) is 0 Å². The van der Waals surface area contributed by atoms with Crippen LogP contribution in [0.4, 0.5) is 0 Å². The summed E-state index contributed by atoms with van der Waals surface area (Å²) in [6, 6.07) is 0. The lowest BCUT2D eigenvalue weighted by molar-refractivity contribution is 0.00904. The van der Waals surface area contributed by atoms with Crippen LogP contribution in [-0.4, -0.2) is 31.3 Å². The van der Waals surface area contributed by atoms with E-state index in [1.54, 1.807) is 14.2 Å². The maximum Gasteiger partial charge on any atom is 0.212 e. The Kier molecular flexibility index (Phi) is 2.17. The van der Waals surface area contributed by atoms with Crippen molar-refractivity contribution in [2.45, 2.75) is 38.3 Å². The van der Waals surface area contributed by atoms with Gasteiger partial charge in [-0.2, -0.15) is 0 Å². The summed E-state index contributed by atoms with van der Waals surface area (Å²) in [5.74, 6) is 0.840. The summed E-state index contributed by atoms with van der Waals surface area (Å²) in [6.45, 7) is 6.17. The van der Waals surface area contributed by atoms with E-state index in [0.29, 0.717) is 0 Å². The summed E-state index contributed by atoms with van der Waals surface area (Å²) in [5, 5.41) is 0. The van der Waals surface area contributed by atoms with Gasteiger partial charge in [-0.3, -0.25) is 0 Å². The topological polar surface area (TPSA) is 30.8 Å². The van der Waals surface area contributed by atoms with Crippen LogP contribution in [0.25, 0.3) is 0 Å². The molecule has 1 aliphatic heterocycles. The summed E-state index contributed by atoms with van der Waals surface area (Å²) in [6.07, 6.45) is 0.875. The Balaban J connectivity index is 2.44. The molecule has 3 heteroatoms. The molecular weight excluding hydrogens is 154 g/mol. The molecule has 0 saturated carbocycles. The quantitative estimate of drug-likeness (QED) is 0.646. The van der Waals surface area contributed by atoms with Gasteiger partial charge in [-0.05, 0) is 20.8 Å². The van der Waals surface area contributed by atoms with Crippen LogP contribution in [0, 0.1) is 0 Å². The summed E-state index contributed by atoms with van der Waals surface area (Å²) in [5.41, 5.74) is -0.229. The summed E-state index contributed by atoms with van der Waals surface area (Å²) >= 11 is 0. The molecule has 0 saturated heterocycles. The Morgan fingerprint density at radius 1 is 1.42 bits per heavy atom. The summed E-state index contributed by atoms with van der Waals surface area (Å²) < 4.78 is 10.4. The van der Waals surface area contributed by atoms with Gasteiger partial charge in [0.1, 0.15) is 5.54 Å². The average molecular weight is 171 g/mol. The number of hydrogen-bond donors (Lipinski definition) is 0. The molecule has 0 N–H and O–H groups in total. The SMILES string of the molecule is COC1=NC1(C)CC(C)(C)OC. The van der Waals surface area contributed by atoms with Crippen LogP contribution < -0.4 is 0 Å². The maximum absolute atomic E-state index is 5.32. The van der Waals surface area contributed by atoms with Gasteiger partial charge < -0.3 is 9.47 Å². The molecule has 70 valence electrons. The highest BCUT2D eigenvalue weighted by Crippen LogP contribution is 2.36. The van der Waals surface area contributed by atoms with Crippen molar-refractivity contribution in [2.24, 2.45) is 4.99 Å². The second-order valence-corrected chi connectivity index (χ2v) is 4.04. The van der Waals surface area contributed by atoms with Crippen molar-refractivity contribution in [3.8, 4) is 0 Å². The fraction of sp³-hybridized carbons (Fsp3) is 0.889. The van der Waals surface area contributed by atoms with E-state index in [9.17, 15) is 0 Å². The standard InChI is InChI=1S/C9H17NO2/c1-8(2,12-5)6-9(3)7(10-9)11-4/h6H2,1-5H3. The molecular formula is C9H17NO2. The molecule has 3 nitrogen and oxygen atoms in total. The highest BCUT2D eigenvalue weighted by molar-refractivity contribution is 5.98. The molecule has 0 spiro atoms. The van der Waals surface area contributed by atoms with E-state index >= 15 is 0 Å². The average Bonchev–Trinajstić information content (AvgIpc) is 2.60. The lowest BCUT2D eigenvalue weighted by Crippen LogP contribution is -2.32. The molecule has 1 unspecified atom stereocenters. The first-order valence-electron chi connectivity index (χ1n) is 4.13. The van der Waals surface area contributed by atoms with Crippen molar-refractivity contribution in [2.75, 3.05) is 14.2 Å². The summed E-state index contributed by atoms with van der Waals surface area (Å²) in [7, 11) is 3.38. The lowest BCUT2D eigenvalue weighted by atomic mass is 9.93. The predicted octanol–water partition coefficient (Wildman–Crippen LogP) is 1.62. The zero-order valence-electron chi connectivity index (χ0n) is 8.47. The highest BCUT2D eigenvalue weighted by atomic mass is 16.5. The molecule has 0 aliphatic carbocycles. The van der Waals surface area contributed by atoms with E-state index in [0.717, 1.165) is 12.3 Å². The van der Waals surface area contributed by atoms with Gasteiger partial charge >= 0.3 is 0 Å². The van der Waals surface area contributed by atoms with Gasteiger partial charge in [0.25, 0.3) is 0 Å². The normalized spacial score (nSPS) is 28.2. The van der Waals surface area contributed by atoms with Gasteiger partial charge in [-0.1, -0.05) is 0 Å². The second kappa shape index (κ2) is 2.73. The third-order valence-corrected chi connectivity index (χ3v) is 2.27. The Bertz CT molecular complexity index is 211. The molecule has 0 aromatic carbocycles. The zero-order chi connectivity index (χ0) is 9.41. The van der Waals surface area contributed by atoms with E-state index in [4.69, 9.17) is 9.47 Å². The van der Waals surface area contributed by atoms with Gasteiger partial charge in [0.2, 0.25) is 5.90 Å². The fourth-order valence-electron chi connectivity index (χ4n) is 1.48. The number of aliphatic imine (C=N–C) groups is 1. The predicted molar refractivity (Wildman–Crippen MR) is 48.6 cm³/mol. The smallest absolute Gasteiger partial charge is 0.212 e. The second-order valence-electron chi connectivity index (χ2n) is 4.04. The van der Waals surface area contributed by atoms with Gasteiger partial charge in [0.15, 0.2) is 0 Å². The van der Waals surface area contributed by atoms with Gasteiger partial charge in [-0.25, -0.2) is 4.99 Å². The number of rotatable bonds is 3. The minimum Gasteiger partial charge on any atom is -0.483 e. The molecule has 12 heavy (non-hydrogen) atoms. The summed E-state index contributed by atoms with van der Waals surface area (Å²) in [4.78, 5) is 4.25. The highest BCUT2D eigenvalue weighted by Gasteiger charge is 2.48. The van der Waals surface area contributed by atoms with E-state index in [1.807, 2.05) is 0 Å². The van der Waals surface area contributed by atoms with Gasteiger partial charge in [0, 0.05) is 13.5 Å². The van der Waals surface area contributed by atoms with Crippen molar-refractivity contribution >= 4 is 5.90 Å². The van der Waals surface area contributed by atoms with Crippen LogP contribution in [-0.2, 0) is 9.47 Å². The molecule has 0 aromatic heterocycles. The largest absolute Gasteiger partial charge is 0.483 e. The molecule has 1 aliphatic rings. The monoisotopic (exact) mass is 171 g/mol. The Morgan fingerprint density at radius 2 is 2.00 bits per heavy atom. The third-order valence-electron chi connectivity index (χ3n) is 2.27. The van der Waals surface area contributed by atoms with Gasteiger partial charge in [-0.15, -0.1) is 0 Å². The number of methoxy groups -OCH3 is 2. The molecule has 0 fully saturated rings. The first-order chi connectivity index (χ1) is 5.43. The zero-order valence-corrected chi connectivity index (χ0v) is 8.47. The lowest BCUT2D eigenvalue weighted by Gasteiger charge is -2.25. The molecule has 0 aromatic rings. The van der Waals surface area contributed by atoms with E-state index < -0.39 is 0 Å². The Hall–Kier alpha value is -0.570. The first kappa shape index (κ1) is 9.52. The first-order valence-corrected chi connectivity index (χ1v) is 4.13. The minimum atomic E-state index is -0.126. The molecule has 1 rings (SSSR count). The fourth-order valence-corrected chi connectivity index (χ4v) is 1.48. The van der Waals surface area contributed by atoms with Crippen molar-refractivity contribution < 1.29 is 9.47 Å². The molecule has 1 heterocycles. The van der Waals surface area contributed by atoms with Crippen LogP contribution >= 0.6 is 0 Å². The molecule has 0 bridgehead atoms.